The number of nitrogens with zero attached hydrogens (tertiary/aromatic N) is 1. The van der Waals surface area contributed by atoms with Crippen molar-refractivity contribution in [1.82, 2.24) is 5.43 Å². The van der Waals surface area contributed by atoms with E-state index in [0.717, 1.165) is 11.1 Å². The number of carbonyl (C=O) groups excluding carboxylic acids is 3. The van der Waals surface area contributed by atoms with Crippen LogP contribution in [0.4, 0.5) is 11.4 Å². The third-order valence-electron chi connectivity index (χ3n) is 5.17. The van der Waals surface area contributed by atoms with E-state index in [1.54, 1.807) is 30.3 Å². The highest BCUT2D eigenvalue weighted by Gasteiger charge is 2.16. The van der Waals surface area contributed by atoms with Crippen molar-refractivity contribution in [2.75, 3.05) is 24.4 Å². The van der Waals surface area contributed by atoms with Crippen LogP contribution in [0, 0.1) is 6.92 Å². The number of rotatable bonds is 9. The Morgan fingerprint density at radius 3 is 2.43 bits per heavy atom. The van der Waals surface area contributed by atoms with Crippen molar-refractivity contribution in [2.24, 2.45) is 5.10 Å². The highest BCUT2D eigenvalue weighted by atomic mass is 35.5. The van der Waals surface area contributed by atoms with E-state index in [9.17, 15) is 14.4 Å². The second-order valence-electron chi connectivity index (χ2n) is 7.90. The summed E-state index contributed by atoms with van der Waals surface area (Å²) in [6.45, 7) is 3.62. The van der Waals surface area contributed by atoms with E-state index in [1.807, 2.05) is 38.1 Å². The van der Waals surface area contributed by atoms with Gasteiger partial charge >= 0.3 is 11.8 Å². The molecule has 3 aromatic carbocycles. The summed E-state index contributed by atoms with van der Waals surface area (Å²) in [6, 6.07) is 17.7. The van der Waals surface area contributed by atoms with Gasteiger partial charge in [0.2, 0.25) is 0 Å². The molecule has 0 aliphatic rings. The van der Waals surface area contributed by atoms with E-state index in [0.29, 0.717) is 23.4 Å². The SMILES string of the molecule is CCc1ccccc1NC(=O)C(=O)N/N=C\c1cc(Cl)c(OCC(=O)Nc2ccc(C)cc2)c(OC)c1. The zero-order valence-corrected chi connectivity index (χ0v) is 21.4. The standard InChI is InChI=1S/C27H27ClN4O5/c1-4-19-7-5-6-8-22(19)31-26(34)27(35)32-29-15-18-13-21(28)25(23(14-18)36-3)37-16-24(33)30-20-11-9-17(2)10-12-20/h5-15H,4,16H2,1-3H3,(H,30,33)(H,31,34)(H,32,35)/b29-15-. The number of amides is 3. The Kier molecular flexibility index (Phi) is 9.62. The van der Waals surface area contributed by atoms with Gasteiger partial charge in [-0.1, -0.05) is 54.4 Å². The van der Waals surface area contributed by atoms with Crippen LogP contribution < -0.4 is 25.5 Å². The van der Waals surface area contributed by atoms with Gasteiger partial charge in [0.15, 0.2) is 18.1 Å². The highest BCUT2D eigenvalue weighted by molar-refractivity contribution is 6.39. The van der Waals surface area contributed by atoms with E-state index < -0.39 is 11.8 Å². The normalized spacial score (nSPS) is 10.6. The molecule has 3 amide bonds. The summed E-state index contributed by atoms with van der Waals surface area (Å²) in [7, 11) is 1.42. The van der Waals surface area contributed by atoms with Crippen LogP contribution in [0.2, 0.25) is 5.02 Å². The van der Waals surface area contributed by atoms with Gasteiger partial charge < -0.3 is 20.1 Å². The molecule has 0 bridgehead atoms. The van der Waals surface area contributed by atoms with Crippen LogP contribution in [-0.4, -0.2) is 37.7 Å². The Bertz CT molecular complexity index is 1310. The number of methoxy groups -OCH3 is 1. The lowest BCUT2D eigenvalue weighted by atomic mass is 10.1. The van der Waals surface area contributed by atoms with Crippen molar-refractivity contribution in [3.05, 3.63) is 82.4 Å². The van der Waals surface area contributed by atoms with Crippen LogP contribution in [0.15, 0.2) is 65.8 Å². The molecule has 0 heterocycles. The number of aryl methyl sites for hydroxylation is 2. The lowest BCUT2D eigenvalue weighted by Crippen LogP contribution is -2.32. The summed E-state index contributed by atoms with van der Waals surface area (Å²) in [5.41, 5.74) is 5.84. The van der Waals surface area contributed by atoms with Gasteiger partial charge in [0.05, 0.1) is 18.3 Å². The van der Waals surface area contributed by atoms with Crippen LogP contribution in [0.1, 0.15) is 23.6 Å². The summed E-state index contributed by atoms with van der Waals surface area (Å²) in [5, 5.41) is 9.29. The van der Waals surface area contributed by atoms with Gasteiger partial charge in [-0.2, -0.15) is 5.10 Å². The molecule has 10 heteroatoms. The van der Waals surface area contributed by atoms with Crippen molar-refractivity contribution in [2.45, 2.75) is 20.3 Å². The average Bonchev–Trinajstić information content (AvgIpc) is 2.89. The summed E-state index contributed by atoms with van der Waals surface area (Å²) in [6.07, 6.45) is 2.00. The molecule has 0 saturated carbocycles. The van der Waals surface area contributed by atoms with E-state index in [-0.39, 0.29) is 29.0 Å². The Hall–Kier alpha value is -4.37. The van der Waals surface area contributed by atoms with Gasteiger partial charge in [0.25, 0.3) is 5.91 Å². The predicted octanol–water partition coefficient (Wildman–Crippen LogP) is 4.33. The first-order valence-electron chi connectivity index (χ1n) is 11.4. The third kappa shape index (κ3) is 7.81. The van der Waals surface area contributed by atoms with Crippen molar-refractivity contribution in [3.8, 4) is 11.5 Å². The van der Waals surface area contributed by atoms with E-state index in [4.69, 9.17) is 21.1 Å². The first-order chi connectivity index (χ1) is 17.8. The molecule has 0 saturated heterocycles. The monoisotopic (exact) mass is 522 g/mol. The molecule has 192 valence electrons. The lowest BCUT2D eigenvalue weighted by molar-refractivity contribution is -0.136. The fourth-order valence-electron chi connectivity index (χ4n) is 3.27. The fourth-order valence-corrected chi connectivity index (χ4v) is 3.55. The number of ether oxygens (including phenoxy) is 2. The first-order valence-corrected chi connectivity index (χ1v) is 11.8. The van der Waals surface area contributed by atoms with Gasteiger partial charge in [0.1, 0.15) is 0 Å². The fraction of sp³-hybridized carbons (Fsp3) is 0.185. The second-order valence-corrected chi connectivity index (χ2v) is 8.31. The molecule has 37 heavy (non-hydrogen) atoms. The average molecular weight is 523 g/mol. The van der Waals surface area contributed by atoms with Crippen LogP contribution >= 0.6 is 11.6 Å². The number of benzene rings is 3. The predicted molar refractivity (Wildman–Crippen MR) is 143 cm³/mol. The molecule has 0 atom stereocenters. The molecule has 0 radical (unpaired) electrons. The summed E-state index contributed by atoms with van der Waals surface area (Å²) < 4.78 is 10.9. The Balaban J connectivity index is 1.58. The lowest BCUT2D eigenvalue weighted by Gasteiger charge is -2.13. The van der Waals surface area contributed by atoms with Crippen LogP contribution in [-0.2, 0) is 20.8 Å². The maximum atomic E-state index is 12.2. The summed E-state index contributed by atoms with van der Waals surface area (Å²) >= 11 is 6.34. The number of hydrazone groups is 1. The molecule has 3 rings (SSSR count). The largest absolute Gasteiger partial charge is 0.493 e. The Morgan fingerprint density at radius 2 is 1.73 bits per heavy atom. The summed E-state index contributed by atoms with van der Waals surface area (Å²) in [5.74, 6) is -1.70. The highest BCUT2D eigenvalue weighted by Crippen LogP contribution is 2.36. The minimum atomic E-state index is -0.931. The topological polar surface area (TPSA) is 118 Å². The van der Waals surface area contributed by atoms with Gasteiger partial charge in [-0.05, 0) is 54.8 Å². The number of halogens is 1. The third-order valence-corrected chi connectivity index (χ3v) is 5.45. The molecule has 0 spiro atoms. The maximum Gasteiger partial charge on any atom is 0.329 e. The van der Waals surface area contributed by atoms with Gasteiger partial charge in [0, 0.05) is 11.4 Å². The zero-order valence-electron chi connectivity index (χ0n) is 20.6. The van der Waals surface area contributed by atoms with E-state index in [2.05, 4.69) is 21.2 Å². The quantitative estimate of drug-likeness (QED) is 0.220. The molecule has 0 aliphatic heterocycles. The molecule has 0 aromatic heterocycles. The van der Waals surface area contributed by atoms with E-state index in [1.165, 1.54) is 19.4 Å². The molecular formula is C27H27ClN4O5. The minimum absolute atomic E-state index is 0.171. The maximum absolute atomic E-state index is 12.2. The number of carbonyl (C=O) groups is 3. The number of hydrogen-bond donors (Lipinski definition) is 3. The van der Waals surface area contributed by atoms with Crippen LogP contribution in [0.5, 0.6) is 11.5 Å². The van der Waals surface area contributed by atoms with Crippen LogP contribution in [0.25, 0.3) is 0 Å². The molecule has 3 aromatic rings. The number of para-hydroxylation sites is 1. The number of nitrogens with one attached hydrogen (secondary N) is 3. The summed E-state index contributed by atoms with van der Waals surface area (Å²) in [4.78, 5) is 36.6. The Morgan fingerprint density at radius 1 is 1.00 bits per heavy atom. The van der Waals surface area contributed by atoms with Crippen LogP contribution in [0.3, 0.4) is 0 Å². The van der Waals surface area contributed by atoms with Gasteiger partial charge in [-0.3, -0.25) is 14.4 Å². The van der Waals surface area contributed by atoms with Crippen molar-refractivity contribution < 1.29 is 23.9 Å². The number of anilines is 2. The second kappa shape index (κ2) is 13.1. The first kappa shape index (κ1) is 27.2. The number of hydrogen-bond acceptors (Lipinski definition) is 6. The molecule has 3 N–H and O–H groups in total. The van der Waals surface area contributed by atoms with Gasteiger partial charge in [-0.25, -0.2) is 5.43 Å². The molecule has 0 aliphatic carbocycles. The van der Waals surface area contributed by atoms with Gasteiger partial charge in [-0.15, -0.1) is 0 Å². The smallest absolute Gasteiger partial charge is 0.329 e. The molecule has 0 fully saturated rings. The van der Waals surface area contributed by atoms with Crippen molar-refractivity contribution >= 4 is 46.9 Å². The molecule has 0 unspecified atom stereocenters. The molecular weight excluding hydrogens is 496 g/mol. The Labute approximate surface area is 219 Å². The zero-order chi connectivity index (χ0) is 26.8. The van der Waals surface area contributed by atoms with Crippen molar-refractivity contribution in [1.29, 1.82) is 0 Å². The minimum Gasteiger partial charge on any atom is -0.493 e. The molecule has 9 nitrogen and oxygen atoms in total. The van der Waals surface area contributed by atoms with Crippen molar-refractivity contribution in [3.63, 3.8) is 0 Å². The van der Waals surface area contributed by atoms with E-state index >= 15 is 0 Å².